The molecule has 6 N–H and O–H groups in total. The lowest BCUT2D eigenvalue weighted by Crippen LogP contribution is -2.26. The molecule has 0 fully saturated rings. The molecule has 0 atom stereocenters. The zero-order valence-electron chi connectivity index (χ0n) is 8.60. The van der Waals surface area contributed by atoms with Crippen molar-refractivity contribution in [3.8, 4) is 0 Å². The van der Waals surface area contributed by atoms with Gasteiger partial charge >= 0.3 is 0 Å². The maximum atomic E-state index is 5.43. The molecule has 15 heavy (non-hydrogen) atoms. The van der Waals surface area contributed by atoms with Crippen LogP contribution in [0.2, 0.25) is 0 Å². The summed E-state index contributed by atoms with van der Waals surface area (Å²) < 4.78 is 5.02. The molecular weight excluding hydrogens is 194 g/mol. The smallest absolute Gasteiger partial charge is 0.218 e. The summed E-state index contributed by atoms with van der Waals surface area (Å²) in [4.78, 5) is 7.58. The first-order valence-electron chi connectivity index (χ1n) is 4.51. The summed E-state index contributed by atoms with van der Waals surface area (Å²) in [7, 11) is 0. The van der Waals surface area contributed by atoms with Gasteiger partial charge in [0, 0.05) is 6.54 Å². The highest BCUT2D eigenvalue weighted by molar-refractivity contribution is 5.92. The van der Waals surface area contributed by atoms with Crippen LogP contribution in [0.3, 0.4) is 0 Å². The Hall–Kier alpha value is -1.98. The first kappa shape index (κ1) is 11.1. The Morgan fingerprint density at radius 1 is 1.33 bits per heavy atom. The molecule has 1 heterocycles. The van der Waals surface area contributed by atoms with E-state index in [9.17, 15) is 0 Å². The van der Waals surface area contributed by atoms with Crippen LogP contribution in [0.5, 0.6) is 0 Å². The van der Waals surface area contributed by atoms with Gasteiger partial charge in [0.1, 0.15) is 0 Å². The van der Waals surface area contributed by atoms with E-state index >= 15 is 0 Å². The fourth-order valence-electron chi connectivity index (χ4n) is 1.10. The molecule has 0 radical (unpaired) electrons. The molecule has 82 valence electrons. The molecule has 0 bridgehead atoms. The number of furan rings is 1. The maximum absolute atomic E-state index is 5.43. The third-order valence-corrected chi connectivity index (χ3v) is 1.86. The summed E-state index contributed by atoms with van der Waals surface area (Å²) in [5, 5.41) is 0. The Kier molecular flexibility index (Phi) is 3.73. The molecule has 0 aliphatic carbocycles. The van der Waals surface area contributed by atoms with Crippen LogP contribution in [0.1, 0.15) is 11.1 Å². The van der Waals surface area contributed by atoms with E-state index in [1.165, 1.54) is 0 Å². The Morgan fingerprint density at radius 2 is 2.07 bits per heavy atom. The molecular formula is C9H15N5O. The quantitative estimate of drug-likeness (QED) is 0.468. The maximum Gasteiger partial charge on any atom is 0.218 e. The monoisotopic (exact) mass is 209 g/mol. The molecule has 0 aliphatic heterocycles. The number of nitrogens with zero attached hydrogens (tertiary/aromatic N) is 2. The van der Waals surface area contributed by atoms with E-state index < -0.39 is 0 Å². The van der Waals surface area contributed by atoms with E-state index in [-0.39, 0.29) is 11.9 Å². The van der Waals surface area contributed by atoms with E-state index in [1.54, 1.807) is 12.5 Å². The minimum absolute atomic E-state index is 0.0873. The first-order valence-corrected chi connectivity index (χ1v) is 4.51. The molecule has 1 aromatic heterocycles. The van der Waals surface area contributed by atoms with Crippen molar-refractivity contribution in [2.75, 3.05) is 6.54 Å². The normalized spacial score (nSPS) is 11.4. The van der Waals surface area contributed by atoms with Gasteiger partial charge in [-0.2, -0.15) is 4.99 Å². The van der Waals surface area contributed by atoms with Crippen molar-refractivity contribution < 1.29 is 4.42 Å². The third kappa shape index (κ3) is 3.72. The minimum atomic E-state index is -0.0873. The number of aryl methyl sites for hydroxylation is 1. The number of aliphatic imine (C=N–C) groups is 2. The number of hydrogen-bond donors (Lipinski definition) is 3. The highest BCUT2D eigenvalue weighted by Gasteiger charge is 1.99. The summed E-state index contributed by atoms with van der Waals surface area (Å²) in [6, 6.07) is 0. The summed E-state index contributed by atoms with van der Waals surface area (Å²) in [6.07, 6.45) is 4.14. The van der Waals surface area contributed by atoms with Crippen molar-refractivity contribution in [3.05, 3.63) is 23.7 Å². The van der Waals surface area contributed by atoms with Crippen LogP contribution in [0.4, 0.5) is 0 Å². The second-order valence-corrected chi connectivity index (χ2v) is 3.11. The van der Waals surface area contributed by atoms with Crippen molar-refractivity contribution in [1.82, 2.24) is 0 Å². The number of guanidine groups is 2. The van der Waals surface area contributed by atoms with Gasteiger partial charge in [-0.1, -0.05) is 0 Å². The Balaban J connectivity index is 2.46. The fourth-order valence-corrected chi connectivity index (χ4v) is 1.10. The van der Waals surface area contributed by atoms with Crippen molar-refractivity contribution >= 4 is 11.9 Å². The van der Waals surface area contributed by atoms with Crippen molar-refractivity contribution in [3.63, 3.8) is 0 Å². The fraction of sp³-hybridized carbons (Fsp3) is 0.333. The van der Waals surface area contributed by atoms with Gasteiger partial charge in [0.15, 0.2) is 5.96 Å². The Bertz CT molecular complexity index is 376. The molecule has 1 rings (SSSR count). The topological polar surface area (TPSA) is 116 Å². The van der Waals surface area contributed by atoms with Crippen LogP contribution in [0.25, 0.3) is 0 Å². The standard InChI is InChI=1S/C9H15N5O/c1-6-4-15-5-7(6)2-3-13-9(12)14-8(10)11/h4-5H,2-3H2,1H3,(H6,10,11,12,13,14). The lowest BCUT2D eigenvalue weighted by molar-refractivity contribution is 0.562. The molecule has 6 nitrogen and oxygen atoms in total. The average molecular weight is 209 g/mol. The van der Waals surface area contributed by atoms with Crippen LogP contribution in [0.15, 0.2) is 26.9 Å². The third-order valence-electron chi connectivity index (χ3n) is 1.86. The van der Waals surface area contributed by atoms with E-state index in [0.717, 1.165) is 17.5 Å². The summed E-state index contributed by atoms with van der Waals surface area (Å²) in [6.45, 7) is 2.50. The molecule has 0 amide bonds. The van der Waals surface area contributed by atoms with E-state index in [2.05, 4.69) is 9.98 Å². The van der Waals surface area contributed by atoms with Gasteiger partial charge in [0.25, 0.3) is 0 Å². The van der Waals surface area contributed by atoms with Gasteiger partial charge in [-0.15, -0.1) is 0 Å². The number of rotatable bonds is 3. The summed E-state index contributed by atoms with van der Waals surface area (Å²) in [5.41, 5.74) is 17.9. The van der Waals surface area contributed by atoms with Gasteiger partial charge in [-0.25, -0.2) is 0 Å². The molecule has 0 aromatic carbocycles. The van der Waals surface area contributed by atoms with Gasteiger partial charge in [-0.05, 0) is 24.5 Å². The summed E-state index contributed by atoms with van der Waals surface area (Å²) >= 11 is 0. The molecule has 0 saturated heterocycles. The lowest BCUT2D eigenvalue weighted by atomic mass is 10.1. The second kappa shape index (κ2) is 5.04. The van der Waals surface area contributed by atoms with Crippen LogP contribution in [-0.4, -0.2) is 18.5 Å². The molecule has 0 aliphatic rings. The number of nitrogens with two attached hydrogens (primary N) is 3. The zero-order chi connectivity index (χ0) is 11.3. The first-order chi connectivity index (χ1) is 7.09. The van der Waals surface area contributed by atoms with Crippen LogP contribution >= 0.6 is 0 Å². The van der Waals surface area contributed by atoms with Crippen LogP contribution in [0, 0.1) is 6.92 Å². The molecule has 0 unspecified atom stereocenters. The Morgan fingerprint density at radius 3 is 2.60 bits per heavy atom. The molecule has 0 saturated carbocycles. The predicted molar refractivity (Wildman–Crippen MR) is 59.4 cm³/mol. The van der Waals surface area contributed by atoms with E-state index in [4.69, 9.17) is 21.6 Å². The van der Waals surface area contributed by atoms with Crippen molar-refractivity contribution in [2.45, 2.75) is 13.3 Å². The minimum Gasteiger partial charge on any atom is -0.472 e. The zero-order valence-corrected chi connectivity index (χ0v) is 8.60. The largest absolute Gasteiger partial charge is 0.472 e. The van der Waals surface area contributed by atoms with Gasteiger partial charge < -0.3 is 21.6 Å². The highest BCUT2D eigenvalue weighted by atomic mass is 16.3. The summed E-state index contributed by atoms with van der Waals surface area (Å²) in [5.74, 6) is 0.00638. The lowest BCUT2D eigenvalue weighted by Gasteiger charge is -1.96. The van der Waals surface area contributed by atoms with E-state index in [1.807, 2.05) is 6.92 Å². The predicted octanol–water partition coefficient (Wildman–Crippen LogP) is -0.281. The van der Waals surface area contributed by atoms with Crippen molar-refractivity contribution in [1.29, 1.82) is 0 Å². The number of hydrogen-bond acceptors (Lipinski definition) is 2. The molecule has 0 spiro atoms. The molecule has 1 aromatic rings. The SMILES string of the molecule is Cc1cocc1CCN=C(N)N=C(N)N. The van der Waals surface area contributed by atoms with Gasteiger partial charge in [0.05, 0.1) is 12.5 Å². The van der Waals surface area contributed by atoms with Gasteiger partial charge in [0.2, 0.25) is 5.96 Å². The van der Waals surface area contributed by atoms with Crippen molar-refractivity contribution in [2.24, 2.45) is 27.2 Å². The molecule has 6 heteroatoms. The second-order valence-electron chi connectivity index (χ2n) is 3.11. The van der Waals surface area contributed by atoms with Crippen LogP contribution in [-0.2, 0) is 6.42 Å². The Labute approximate surface area is 87.9 Å². The van der Waals surface area contributed by atoms with Crippen LogP contribution < -0.4 is 17.2 Å². The van der Waals surface area contributed by atoms with E-state index in [0.29, 0.717) is 6.54 Å². The average Bonchev–Trinajstić information content (AvgIpc) is 2.50. The highest BCUT2D eigenvalue weighted by Crippen LogP contribution is 2.08. The van der Waals surface area contributed by atoms with Gasteiger partial charge in [-0.3, -0.25) is 4.99 Å².